The number of hydrogen-bond donors (Lipinski definition) is 2. The van der Waals surface area contributed by atoms with E-state index >= 15 is 0 Å². The third-order valence-corrected chi connectivity index (χ3v) is 5.81. The van der Waals surface area contributed by atoms with E-state index in [1.165, 1.54) is 6.42 Å². The largest absolute Gasteiger partial charge is 0.478 e. The lowest BCUT2D eigenvalue weighted by molar-refractivity contribution is -0.272. The van der Waals surface area contributed by atoms with Crippen molar-refractivity contribution in [3.05, 3.63) is 35.4 Å². The molecule has 3 rings (SSSR count). The summed E-state index contributed by atoms with van der Waals surface area (Å²) in [4.78, 5) is 11.0. The summed E-state index contributed by atoms with van der Waals surface area (Å²) in [5.74, 6) is -0.159. The van der Waals surface area contributed by atoms with Crippen molar-refractivity contribution in [3.8, 4) is 0 Å². The van der Waals surface area contributed by atoms with Crippen LogP contribution in [0.25, 0.3) is 0 Å². The van der Waals surface area contributed by atoms with Crippen molar-refractivity contribution in [3.63, 3.8) is 0 Å². The van der Waals surface area contributed by atoms with E-state index in [-0.39, 0.29) is 11.0 Å². The van der Waals surface area contributed by atoms with Crippen molar-refractivity contribution in [2.24, 2.45) is 17.3 Å². The Morgan fingerprint density at radius 2 is 1.95 bits per heavy atom. The maximum atomic E-state index is 11.4. The summed E-state index contributed by atoms with van der Waals surface area (Å²) < 4.78 is 0. The third kappa shape index (κ3) is 1.53. The van der Waals surface area contributed by atoms with E-state index in [0.29, 0.717) is 11.8 Å². The van der Waals surface area contributed by atoms with E-state index in [4.69, 9.17) is 5.11 Å². The summed E-state index contributed by atoms with van der Waals surface area (Å²) in [5, 5.41) is 20.4. The second-order valence-corrected chi connectivity index (χ2v) is 6.75. The molecule has 2 N–H and O–H groups in total. The highest BCUT2D eigenvalue weighted by molar-refractivity contribution is 5.87. The van der Waals surface area contributed by atoms with Gasteiger partial charge in [-0.05, 0) is 48.8 Å². The average molecular weight is 274 g/mol. The minimum Gasteiger partial charge on any atom is -0.478 e. The van der Waals surface area contributed by atoms with Gasteiger partial charge in [-0.25, -0.2) is 4.79 Å². The minimum absolute atomic E-state index is 0.0271. The fraction of sp³-hybridized carbons (Fsp3) is 0.588. The van der Waals surface area contributed by atoms with Crippen LogP contribution in [0.2, 0.25) is 0 Å². The molecule has 0 aromatic heterocycles. The molecule has 2 saturated carbocycles. The lowest BCUT2D eigenvalue weighted by atomic mass is 9.39. The monoisotopic (exact) mass is 274 g/mol. The number of rotatable bonds is 3. The first-order chi connectivity index (χ1) is 9.42. The van der Waals surface area contributed by atoms with E-state index < -0.39 is 11.6 Å². The van der Waals surface area contributed by atoms with Gasteiger partial charge in [0.05, 0.1) is 11.2 Å². The standard InChI is InChI=1S/C17H22O3/c1-11(2)16-9-3-4-14(10-16)17(16,20)13-7-5-12(6-8-13)15(18)19/h5-8,11,14,20H,3-4,9-10H2,1-2H3,(H,18,19)/t14-,16-,17+/m1/s1. The molecule has 0 aliphatic heterocycles. The normalized spacial score (nSPS) is 35.7. The van der Waals surface area contributed by atoms with Crippen molar-refractivity contribution in [1.82, 2.24) is 0 Å². The molecule has 3 heteroatoms. The Hall–Kier alpha value is -1.35. The van der Waals surface area contributed by atoms with Gasteiger partial charge in [0, 0.05) is 5.41 Å². The molecule has 2 fully saturated rings. The molecule has 0 amide bonds. The Morgan fingerprint density at radius 1 is 1.30 bits per heavy atom. The van der Waals surface area contributed by atoms with Crippen LogP contribution in [0.5, 0.6) is 0 Å². The lowest BCUT2D eigenvalue weighted by Crippen LogP contribution is -2.66. The van der Waals surface area contributed by atoms with Gasteiger partial charge in [0.2, 0.25) is 0 Å². The first-order valence-electron chi connectivity index (χ1n) is 7.48. The van der Waals surface area contributed by atoms with Gasteiger partial charge in [-0.3, -0.25) is 0 Å². The highest BCUT2D eigenvalue weighted by Crippen LogP contribution is 2.70. The van der Waals surface area contributed by atoms with Crippen LogP contribution in [0.4, 0.5) is 0 Å². The summed E-state index contributed by atoms with van der Waals surface area (Å²) in [6.07, 6.45) is 4.43. The molecule has 2 aliphatic carbocycles. The van der Waals surface area contributed by atoms with Crippen molar-refractivity contribution < 1.29 is 15.0 Å². The molecule has 1 aromatic rings. The van der Waals surface area contributed by atoms with Crippen molar-refractivity contribution in [1.29, 1.82) is 0 Å². The van der Waals surface area contributed by atoms with E-state index in [2.05, 4.69) is 13.8 Å². The number of carboxylic acid groups (broad SMARTS) is 1. The van der Waals surface area contributed by atoms with Crippen LogP contribution >= 0.6 is 0 Å². The Morgan fingerprint density at radius 3 is 2.45 bits per heavy atom. The van der Waals surface area contributed by atoms with E-state index in [9.17, 15) is 9.90 Å². The van der Waals surface area contributed by atoms with Gasteiger partial charge in [-0.2, -0.15) is 0 Å². The third-order valence-electron chi connectivity index (χ3n) is 5.81. The molecule has 108 valence electrons. The zero-order valence-electron chi connectivity index (χ0n) is 12.1. The summed E-state index contributed by atoms with van der Waals surface area (Å²) in [6.45, 7) is 4.39. The highest BCUT2D eigenvalue weighted by Gasteiger charge is 2.67. The van der Waals surface area contributed by atoms with E-state index in [1.807, 2.05) is 0 Å². The Balaban J connectivity index is 2.01. The second-order valence-electron chi connectivity index (χ2n) is 6.75. The molecule has 2 aliphatic rings. The van der Waals surface area contributed by atoms with E-state index in [0.717, 1.165) is 24.8 Å². The molecule has 0 unspecified atom stereocenters. The first kappa shape index (κ1) is 13.6. The highest BCUT2D eigenvalue weighted by atomic mass is 16.4. The number of benzene rings is 1. The molecule has 20 heavy (non-hydrogen) atoms. The second kappa shape index (κ2) is 4.32. The fourth-order valence-corrected chi connectivity index (χ4v) is 4.64. The number of aliphatic hydroxyl groups is 1. The van der Waals surface area contributed by atoms with E-state index in [1.54, 1.807) is 24.3 Å². The Bertz CT molecular complexity index is 530. The fourth-order valence-electron chi connectivity index (χ4n) is 4.64. The van der Waals surface area contributed by atoms with Gasteiger partial charge in [-0.1, -0.05) is 32.4 Å². The molecular weight excluding hydrogens is 252 g/mol. The minimum atomic E-state index is -0.920. The van der Waals surface area contributed by atoms with Gasteiger partial charge in [0.25, 0.3) is 0 Å². The molecule has 3 atom stereocenters. The molecule has 2 bridgehead atoms. The van der Waals surface area contributed by atoms with Crippen LogP contribution in [-0.2, 0) is 5.60 Å². The lowest BCUT2D eigenvalue weighted by Gasteiger charge is -2.67. The molecule has 0 heterocycles. The summed E-state index contributed by atoms with van der Waals surface area (Å²) >= 11 is 0. The van der Waals surface area contributed by atoms with Crippen LogP contribution in [0.15, 0.2) is 24.3 Å². The summed E-state index contributed by atoms with van der Waals surface area (Å²) in [5.41, 5.74) is 0.379. The van der Waals surface area contributed by atoms with Crippen LogP contribution in [0.3, 0.4) is 0 Å². The topological polar surface area (TPSA) is 57.5 Å². The Labute approximate surface area is 119 Å². The predicted molar refractivity (Wildman–Crippen MR) is 76.5 cm³/mol. The zero-order valence-corrected chi connectivity index (χ0v) is 12.1. The SMILES string of the molecule is CC(C)[C@@]12CCC[C@H](C1)[C@@]2(O)c1ccc(C(=O)O)cc1. The van der Waals surface area contributed by atoms with Crippen molar-refractivity contribution in [2.45, 2.75) is 45.1 Å². The number of carboxylic acids is 1. The van der Waals surface area contributed by atoms with Crippen LogP contribution in [0, 0.1) is 17.3 Å². The molecule has 1 aromatic carbocycles. The predicted octanol–water partition coefficient (Wildman–Crippen LogP) is 3.42. The Kier molecular flexibility index (Phi) is 2.94. The van der Waals surface area contributed by atoms with Crippen LogP contribution in [0.1, 0.15) is 55.5 Å². The van der Waals surface area contributed by atoms with Gasteiger partial charge in [0.1, 0.15) is 0 Å². The number of carbonyl (C=O) groups is 1. The van der Waals surface area contributed by atoms with Crippen LogP contribution < -0.4 is 0 Å². The smallest absolute Gasteiger partial charge is 0.335 e. The number of aromatic carboxylic acids is 1. The molecule has 0 spiro atoms. The molecular formula is C17H22O3. The van der Waals surface area contributed by atoms with Crippen molar-refractivity contribution >= 4 is 5.97 Å². The van der Waals surface area contributed by atoms with Gasteiger partial charge >= 0.3 is 5.97 Å². The van der Waals surface area contributed by atoms with Gasteiger partial charge in [0.15, 0.2) is 0 Å². The molecule has 3 nitrogen and oxygen atoms in total. The quantitative estimate of drug-likeness (QED) is 0.888. The maximum absolute atomic E-state index is 11.4. The summed E-state index contributed by atoms with van der Waals surface area (Å²) in [6, 6.07) is 6.82. The summed E-state index contributed by atoms with van der Waals surface area (Å²) in [7, 11) is 0. The van der Waals surface area contributed by atoms with Crippen LogP contribution in [-0.4, -0.2) is 16.2 Å². The van der Waals surface area contributed by atoms with Crippen molar-refractivity contribution in [2.75, 3.05) is 0 Å². The zero-order chi connectivity index (χ0) is 14.5. The molecule has 0 saturated heterocycles. The van der Waals surface area contributed by atoms with Gasteiger partial charge < -0.3 is 10.2 Å². The molecule has 0 radical (unpaired) electrons. The van der Waals surface area contributed by atoms with Gasteiger partial charge in [-0.15, -0.1) is 0 Å². The maximum Gasteiger partial charge on any atom is 0.335 e. The number of fused-ring (bicyclic) bond motifs is 2. The number of hydrogen-bond acceptors (Lipinski definition) is 2. The average Bonchev–Trinajstić information content (AvgIpc) is 2.46. The first-order valence-corrected chi connectivity index (χ1v) is 7.48.